The van der Waals surface area contributed by atoms with Crippen LogP contribution in [0.25, 0.3) is 11.3 Å². The maximum Gasteiger partial charge on any atom is 0.277 e. The molecule has 0 aliphatic rings. The Kier molecular flexibility index (Phi) is 4.69. The van der Waals surface area contributed by atoms with Gasteiger partial charge in [-0.2, -0.15) is 5.10 Å². The molecule has 0 bridgehead atoms. The van der Waals surface area contributed by atoms with Crippen LogP contribution in [0.15, 0.2) is 52.3 Å². The van der Waals surface area contributed by atoms with Gasteiger partial charge in [0, 0.05) is 23.5 Å². The molecule has 9 heteroatoms. The average Bonchev–Trinajstić information content (AvgIpc) is 2.58. The minimum absolute atomic E-state index is 0.161. The summed E-state index contributed by atoms with van der Waals surface area (Å²) in [4.78, 5) is 39.0. The molecule has 7 nitrogen and oxygen atoms in total. The van der Waals surface area contributed by atoms with Gasteiger partial charge in [0.05, 0.1) is 22.0 Å². The van der Waals surface area contributed by atoms with Gasteiger partial charge < -0.3 is 10.3 Å². The predicted octanol–water partition coefficient (Wildman–Crippen LogP) is 2.68. The van der Waals surface area contributed by atoms with Crippen molar-refractivity contribution < 1.29 is 4.79 Å². The Bertz CT molecular complexity index is 1080. The molecule has 3 N–H and O–H groups in total. The van der Waals surface area contributed by atoms with Crippen molar-refractivity contribution >= 4 is 34.8 Å². The second kappa shape index (κ2) is 6.92. The summed E-state index contributed by atoms with van der Waals surface area (Å²) in [5, 5.41) is 9.18. The molecule has 0 radical (unpaired) electrons. The van der Waals surface area contributed by atoms with Crippen LogP contribution in [-0.2, 0) is 0 Å². The van der Waals surface area contributed by atoms with E-state index in [9.17, 15) is 14.4 Å². The molecule has 0 aliphatic carbocycles. The number of nitrogens with one attached hydrogen (secondary N) is 3. The first-order valence-electron chi connectivity index (χ1n) is 6.99. The summed E-state index contributed by atoms with van der Waals surface area (Å²) < 4.78 is 0. The summed E-state index contributed by atoms with van der Waals surface area (Å²) >= 11 is 11.8. The molecule has 0 fully saturated rings. The molecule has 1 aromatic carbocycles. The Balaban J connectivity index is 1.98. The highest BCUT2D eigenvalue weighted by atomic mass is 35.5. The number of carbonyl (C=O) groups is 1. The van der Waals surface area contributed by atoms with Crippen molar-refractivity contribution in [2.75, 3.05) is 5.32 Å². The second-order valence-electron chi connectivity index (χ2n) is 5.00. The smallest absolute Gasteiger partial charge is 0.277 e. The SMILES string of the molecule is O=C(Nc1ccc(Cl)cc1Cl)c1cc(-c2c[nH]ccc2=O)n[nH]c1=O. The number of carbonyl (C=O) groups excluding carboxylic acids is 1. The summed E-state index contributed by atoms with van der Waals surface area (Å²) in [6.45, 7) is 0. The zero-order chi connectivity index (χ0) is 18.0. The van der Waals surface area contributed by atoms with Crippen LogP contribution >= 0.6 is 23.2 Å². The first-order valence-corrected chi connectivity index (χ1v) is 7.75. The molecule has 0 saturated carbocycles. The first-order chi connectivity index (χ1) is 12.0. The van der Waals surface area contributed by atoms with Crippen molar-refractivity contribution in [3.8, 4) is 11.3 Å². The van der Waals surface area contributed by atoms with Gasteiger partial charge in [0.15, 0.2) is 5.43 Å². The molecular formula is C16H10Cl2N4O3. The summed E-state index contributed by atoms with van der Waals surface area (Å²) in [6.07, 6.45) is 2.90. The van der Waals surface area contributed by atoms with E-state index in [0.717, 1.165) is 0 Å². The third kappa shape index (κ3) is 3.62. The number of rotatable bonds is 3. The standard InChI is InChI=1S/C16H10Cl2N4O3/c17-8-1-2-12(11(18)5-8)20-15(24)9-6-13(21-22-16(9)25)10-7-19-4-3-14(10)23/h1-7H,(H,19,23)(H,20,24)(H,22,25). The van der Waals surface area contributed by atoms with E-state index in [4.69, 9.17) is 23.2 Å². The fraction of sp³-hybridized carbons (Fsp3) is 0. The van der Waals surface area contributed by atoms with Gasteiger partial charge in [-0.25, -0.2) is 5.10 Å². The molecular weight excluding hydrogens is 367 g/mol. The van der Waals surface area contributed by atoms with E-state index in [-0.39, 0.29) is 27.3 Å². The van der Waals surface area contributed by atoms with Gasteiger partial charge in [-0.05, 0) is 24.3 Å². The van der Waals surface area contributed by atoms with E-state index < -0.39 is 11.5 Å². The molecule has 0 saturated heterocycles. The van der Waals surface area contributed by atoms with Crippen LogP contribution in [0, 0.1) is 0 Å². The lowest BCUT2D eigenvalue weighted by Gasteiger charge is -2.08. The number of pyridine rings is 1. The fourth-order valence-corrected chi connectivity index (χ4v) is 2.56. The van der Waals surface area contributed by atoms with E-state index in [1.807, 2.05) is 0 Å². The van der Waals surface area contributed by atoms with Crippen LogP contribution in [-0.4, -0.2) is 21.1 Å². The quantitative estimate of drug-likeness (QED) is 0.652. The highest BCUT2D eigenvalue weighted by Crippen LogP contribution is 2.25. The Labute approximate surface area is 150 Å². The molecule has 126 valence electrons. The second-order valence-corrected chi connectivity index (χ2v) is 5.84. The molecule has 25 heavy (non-hydrogen) atoms. The van der Waals surface area contributed by atoms with Crippen LogP contribution in [0.3, 0.4) is 0 Å². The highest BCUT2D eigenvalue weighted by molar-refractivity contribution is 6.36. The Morgan fingerprint density at radius 1 is 1.12 bits per heavy atom. The Morgan fingerprint density at radius 2 is 1.92 bits per heavy atom. The van der Waals surface area contributed by atoms with Gasteiger partial charge in [-0.1, -0.05) is 23.2 Å². The van der Waals surface area contributed by atoms with Gasteiger partial charge in [-0.3, -0.25) is 14.4 Å². The number of aromatic amines is 2. The van der Waals surface area contributed by atoms with Crippen molar-refractivity contribution in [3.05, 3.63) is 78.9 Å². The zero-order valence-corrected chi connectivity index (χ0v) is 14.0. The number of anilines is 1. The van der Waals surface area contributed by atoms with E-state index in [0.29, 0.717) is 10.7 Å². The zero-order valence-electron chi connectivity index (χ0n) is 12.5. The largest absolute Gasteiger partial charge is 0.367 e. The van der Waals surface area contributed by atoms with Gasteiger partial charge in [0.25, 0.3) is 11.5 Å². The van der Waals surface area contributed by atoms with Gasteiger partial charge in [0.1, 0.15) is 5.56 Å². The lowest BCUT2D eigenvalue weighted by Crippen LogP contribution is -2.24. The average molecular weight is 377 g/mol. The number of aromatic nitrogens is 3. The third-order valence-corrected chi connectivity index (χ3v) is 3.88. The Morgan fingerprint density at radius 3 is 2.64 bits per heavy atom. The molecule has 2 heterocycles. The summed E-state index contributed by atoms with van der Waals surface area (Å²) in [5.41, 5.74) is -0.527. The summed E-state index contributed by atoms with van der Waals surface area (Å²) in [5.74, 6) is -0.693. The molecule has 0 spiro atoms. The van der Waals surface area contributed by atoms with Gasteiger partial charge in [0.2, 0.25) is 0 Å². The molecule has 1 amide bonds. The molecule has 3 aromatic rings. The highest BCUT2D eigenvalue weighted by Gasteiger charge is 2.16. The maximum atomic E-state index is 12.4. The normalized spacial score (nSPS) is 10.5. The topological polar surface area (TPSA) is 108 Å². The first kappa shape index (κ1) is 16.9. The number of H-pyrrole nitrogens is 2. The van der Waals surface area contributed by atoms with E-state index in [1.165, 1.54) is 36.7 Å². The van der Waals surface area contributed by atoms with Crippen LogP contribution in [0.2, 0.25) is 10.0 Å². The minimum Gasteiger partial charge on any atom is -0.367 e. The predicted molar refractivity (Wildman–Crippen MR) is 95.3 cm³/mol. The van der Waals surface area contributed by atoms with E-state index in [1.54, 1.807) is 6.07 Å². The van der Waals surface area contributed by atoms with E-state index in [2.05, 4.69) is 20.5 Å². The Hall–Kier alpha value is -2.90. The van der Waals surface area contributed by atoms with Crippen LogP contribution in [0.1, 0.15) is 10.4 Å². The van der Waals surface area contributed by atoms with Crippen molar-refractivity contribution in [2.45, 2.75) is 0 Å². The van der Waals surface area contributed by atoms with Crippen molar-refractivity contribution in [1.82, 2.24) is 15.2 Å². The van der Waals surface area contributed by atoms with Crippen molar-refractivity contribution in [2.24, 2.45) is 0 Å². The third-order valence-electron chi connectivity index (χ3n) is 3.33. The lowest BCUT2D eigenvalue weighted by atomic mass is 10.1. The lowest BCUT2D eigenvalue weighted by molar-refractivity contribution is 0.102. The fourth-order valence-electron chi connectivity index (χ4n) is 2.11. The van der Waals surface area contributed by atoms with Gasteiger partial charge in [-0.15, -0.1) is 0 Å². The molecule has 0 aliphatic heterocycles. The number of nitrogens with zero attached hydrogens (tertiary/aromatic N) is 1. The molecule has 0 unspecified atom stereocenters. The van der Waals surface area contributed by atoms with E-state index >= 15 is 0 Å². The number of hydrogen-bond acceptors (Lipinski definition) is 4. The van der Waals surface area contributed by atoms with Crippen molar-refractivity contribution in [1.29, 1.82) is 0 Å². The van der Waals surface area contributed by atoms with Gasteiger partial charge >= 0.3 is 0 Å². The van der Waals surface area contributed by atoms with Crippen molar-refractivity contribution in [3.63, 3.8) is 0 Å². The molecule has 3 rings (SSSR count). The minimum atomic E-state index is -0.696. The van der Waals surface area contributed by atoms with Crippen LogP contribution < -0.4 is 16.3 Å². The maximum absolute atomic E-state index is 12.4. The van der Waals surface area contributed by atoms with Crippen LogP contribution in [0.5, 0.6) is 0 Å². The molecule has 2 aromatic heterocycles. The monoisotopic (exact) mass is 376 g/mol. The number of hydrogen-bond donors (Lipinski definition) is 3. The van der Waals surface area contributed by atoms with Crippen LogP contribution in [0.4, 0.5) is 5.69 Å². The molecule has 0 atom stereocenters. The number of benzene rings is 1. The summed E-state index contributed by atoms with van der Waals surface area (Å²) in [7, 11) is 0. The number of halogens is 2. The number of amides is 1. The summed E-state index contributed by atoms with van der Waals surface area (Å²) in [6, 6.07) is 7.08.